The number of nitrogens with zero attached hydrogens (tertiary/aromatic N) is 4. The van der Waals surface area contributed by atoms with Gasteiger partial charge in [0.25, 0.3) is 5.91 Å². The topological polar surface area (TPSA) is 111 Å². The lowest BCUT2D eigenvalue weighted by Crippen LogP contribution is -2.41. The fourth-order valence-electron chi connectivity index (χ4n) is 3.54. The summed E-state index contributed by atoms with van der Waals surface area (Å²) in [6, 6.07) is 5.30. The lowest BCUT2D eigenvalue weighted by atomic mass is 9.97. The Balaban J connectivity index is 1.88. The fraction of sp³-hybridized carbons (Fsp3) is 0.318. The molecule has 4 heterocycles. The normalized spacial score (nSPS) is 14.1. The molecule has 1 aliphatic rings. The largest absolute Gasteiger partial charge is 0.384 e. The van der Waals surface area contributed by atoms with Crippen molar-refractivity contribution in [3.63, 3.8) is 0 Å². The summed E-state index contributed by atoms with van der Waals surface area (Å²) in [5.41, 5.74) is 9.43. The van der Waals surface area contributed by atoms with Crippen LogP contribution < -0.4 is 5.73 Å². The molecule has 1 aliphatic heterocycles. The monoisotopic (exact) mass is 405 g/mol. The van der Waals surface area contributed by atoms with E-state index in [1.165, 1.54) is 0 Å². The first-order valence-corrected chi connectivity index (χ1v) is 9.91. The molecule has 0 atom stereocenters. The van der Waals surface area contributed by atoms with Crippen LogP contribution in [0.2, 0.25) is 0 Å². The number of anilines is 1. The van der Waals surface area contributed by atoms with Crippen LogP contribution in [0.3, 0.4) is 0 Å². The van der Waals surface area contributed by atoms with Gasteiger partial charge >= 0.3 is 0 Å². The van der Waals surface area contributed by atoms with Gasteiger partial charge in [-0.15, -0.1) is 0 Å². The summed E-state index contributed by atoms with van der Waals surface area (Å²) in [5, 5.41) is 0.769. The minimum atomic E-state index is -0.168. The average molecular weight is 405 g/mol. The van der Waals surface area contributed by atoms with E-state index < -0.39 is 0 Å². The molecular formula is C22H23N5O3. The highest BCUT2D eigenvalue weighted by Gasteiger charge is 2.25. The Kier molecular flexibility index (Phi) is 5.41. The molecule has 4 rings (SSSR count). The number of fused-ring (bicyclic) bond motifs is 1. The first-order chi connectivity index (χ1) is 14.5. The highest BCUT2D eigenvalue weighted by Crippen LogP contribution is 2.30. The Morgan fingerprint density at radius 1 is 1.10 bits per heavy atom. The zero-order valence-corrected chi connectivity index (χ0v) is 17.0. The number of carbonyl (C=O) groups excluding carboxylic acids is 2. The molecule has 8 heteroatoms. The van der Waals surface area contributed by atoms with Crippen molar-refractivity contribution in [2.75, 3.05) is 32.0 Å². The van der Waals surface area contributed by atoms with E-state index in [-0.39, 0.29) is 11.7 Å². The molecule has 0 saturated carbocycles. The number of carbonyl (C=O) groups is 2. The van der Waals surface area contributed by atoms with E-state index in [0.717, 1.165) is 16.5 Å². The molecule has 2 N–H and O–H groups in total. The van der Waals surface area contributed by atoms with Crippen molar-refractivity contribution < 1.29 is 14.3 Å². The number of pyridine rings is 3. The van der Waals surface area contributed by atoms with Crippen molar-refractivity contribution in [3.05, 3.63) is 47.5 Å². The van der Waals surface area contributed by atoms with Crippen molar-refractivity contribution in [3.8, 4) is 11.1 Å². The molecule has 30 heavy (non-hydrogen) atoms. The molecule has 1 saturated heterocycles. The molecule has 3 aromatic heterocycles. The highest BCUT2D eigenvalue weighted by atomic mass is 16.5. The molecule has 3 aromatic rings. The first kappa shape index (κ1) is 19.9. The summed E-state index contributed by atoms with van der Waals surface area (Å²) in [6.07, 6.45) is 3.67. The quantitative estimate of drug-likeness (QED) is 0.664. The van der Waals surface area contributed by atoms with Crippen LogP contribution in [0.15, 0.2) is 30.6 Å². The third kappa shape index (κ3) is 3.73. The number of aromatic nitrogens is 3. The zero-order valence-electron chi connectivity index (χ0n) is 17.0. The highest BCUT2D eigenvalue weighted by molar-refractivity contribution is 6.03. The van der Waals surface area contributed by atoms with E-state index in [1.807, 2.05) is 13.0 Å². The van der Waals surface area contributed by atoms with Gasteiger partial charge in [0.1, 0.15) is 17.2 Å². The van der Waals surface area contributed by atoms with Crippen molar-refractivity contribution in [2.24, 2.45) is 0 Å². The Labute approximate surface area is 174 Å². The molecule has 1 fully saturated rings. The van der Waals surface area contributed by atoms with Gasteiger partial charge in [-0.25, -0.2) is 9.97 Å². The Bertz CT molecular complexity index is 1140. The molecule has 0 aliphatic carbocycles. The van der Waals surface area contributed by atoms with Crippen LogP contribution in [0.1, 0.15) is 39.9 Å². The second kappa shape index (κ2) is 8.16. The summed E-state index contributed by atoms with van der Waals surface area (Å²) in [6.45, 7) is 5.73. The third-order valence-corrected chi connectivity index (χ3v) is 5.23. The molecular weight excluding hydrogens is 382 g/mol. The summed E-state index contributed by atoms with van der Waals surface area (Å²) in [4.78, 5) is 40.3. The van der Waals surface area contributed by atoms with Gasteiger partial charge in [-0.05, 0) is 24.6 Å². The second-order valence-electron chi connectivity index (χ2n) is 7.25. The van der Waals surface area contributed by atoms with Gasteiger partial charge in [-0.3, -0.25) is 14.6 Å². The third-order valence-electron chi connectivity index (χ3n) is 5.23. The SMILES string of the molecule is CCC(=O)c1cc(C)c(-c2cc3cnc(N)cc3nc2C(=O)N2CCOCC2)cn1. The van der Waals surface area contributed by atoms with Crippen LogP contribution in [-0.2, 0) is 4.74 Å². The lowest BCUT2D eigenvalue weighted by molar-refractivity contribution is 0.0300. The maximum atomic E-state index is 13.3. The van der Waals surface area contributed by atoms with Gasteiger partial charge in [0.15, 0.2) is 5.78 Å². The van der Waals surface area contributed by atoms with Crippen molar-refractivity contribution in [1.29, 1.82) is 0 Å². The number of nitrogen functional groups attached to an aromatic ring is 1. The Morgan fingerprint density at radius 2 is 1.87 bits per heavy atom. The van der Waals surface area contributed by atoms with Gasteiger partial charge in [0.2, 0.25) is 0 Å². The van der Waals surface area contributed by atoms with Crippen LogP contribution >= 0.6 is 0 Å². The van der Waals surface area contributed by atoms with E-state index in [1.54, 1.807) is 36.4 Å². The van der Waals surface area contributed by atoms with Gasteiger partial charge in [-0.2, -0.15) is 0 Å². The van der Waals surface area contributed by atoms with E-state index >= 15 is 0 Å². The molecule has 154 valence electrons. The number of nitrogens with two attached hydrogens (primary N) is 1. The van der Waals surface area contributed by atoms with E-state index in [0.29, 0.717) is 61.0 Å². The summed E-state index contributed by atoms with van der Waals surface area (Å²) in [5.74, 6) is 0.150. The maximum Gasteiger partial charge on any atom is 0.273 e. The fourth-order valence-corrected chi connectivity index (χ4v) is 3.54. The average Bonchev–Trinajstić information content (AvgIpc) is 2.77. The number of hydrogen-bond acceptors (Lipinski definition) is 7. The molecule has 0 aromatic carbocycles. The van der Waals surface area contributed by atoms with Crippen LogP contribution in [0.4, 0.5) is 5.82 Å². The van der Waals surface area contributed by atoms with E-state index in [9.17, 15) is 9.59 Å². The first-order valence-electron chi connectivity index (χ1n) is 9.91. The predicted molar refractivity (Wildman–Crippen MR) is 113 cm³/mol. The number of ketones is 1. The number of Topliss-reactive ketones (excluding diaryl/α,β-unsaturated/α-hetero) is 1. The van der Waals surface area contributed by atoms with Crippen LogP contribution in [-0.4, -0.2) is 57.8 Å². The molecule has 0 unspecified atom stereocenters. The van der Waals surface area contributed by atoms with Gasteiger partial charge < -0.3 is 15.4 Å². The second-order valence-corrected chi connectivity index (χ2v) is 7.25. The maximum absolute atomic E-state index is 13.3. The smallest absolute Gasteiger partial charge is 0.273 e. The van der Waals surface area contributed by atoms with Crippen LogP contribution in [0, 0.1) is 6.92 Å². The molecule has 0 radical (unpaired) electrons. The van der Waals surface area contributed by atoms with Crippen LogP contribution in [0.25, 0.3) is 22.0 Å². The van der Waals surface area contributed by atoms with Gasteiger partial charge in [0.05, 0.1) is 18.7 Å². The number of rotatable bonds is 4. The summed E-state index contributed by atoms with van der Waals surface area (Å²) in [7, 11) is 0. The number of hydrogen-bond donors (Lipinski definition) is 1. The molecule has 8 nitrogen and oxygen atoms in total. The minimum absolute atomic E-state index is 0.0226. The zero-order chi connectivity index (χ0) is 21.3. The van der Waals surface area contributed by atoms with E-state index in [2.05, 4.69) is 15.0 Å². The lowest BCUT2D eigenvalue weighted by Gasteiger charge is -2.27. The summed E-state index contributed by atoms with van der Waals surface area (Å²) < 4.78 is 5.37. The van der Waals surface area contributed by atoms with Gasteiger partial charge in [0, 0.05) is 54.5 Å². The number of aryl methyl sites for hydroxylation is 1. The van der Waals surface area contributed by atoms with Crippen molar-refractivity contribution in [1.82, 2.24) is 19.9 Å². The predicted octanol–water partition coefficient (Wildman–Crippen LogP) is 2.65. The standard InChI is InChI=1S/C22H23N5O3/c1-3-19(28)18-8-13(2)16(12-24-18)15-9-14-11-25-20(23)10-17(14)26-21(15)22(29)27-4-6-30-7-5-27/h8-12H,3-7H2,1-2H3,(H2,23,25). The van der Waals surface area contributed by atoms with E-state index in [4.69, 9.17) is 10.5 Å². The number of morpholine rings is 1. The number of amides is 1. The number of ether oxygens (including phenoxy) is 1. The molecule has 0 bridgehead atoms. The van der Waals surface area contributed by atoms with Gasteiger partial charge in [-0.1, -0.05) is 6.92 Å². The summed E-state index contributed by atoms with van der Waals surface area (Å²) >= 11 is 0. The Hall–Kier alpha value is -3.39. The van der Waals surface area contributed by atoms with Crippen LogP contribution in [0.5, 0.6) is 0 Å². The minimum Gasteiger partial charge on any atom is -0.384 e. The Morgan fingerprint density at radius 3 is 2.57 bits per heavy atom. The molecule has 0 spiro atoms. The van der Waals surface area contributed by atoms with Crippen molar-refractivity contribution in [2.45, 2.75) is 20.3 Å². The van der Waals surface area contributed by atoms with Crippen molar-refractivity contribution >= 4 is 28.4 Å². The molecule has 1 amide bonds.